The molecular weight excluding hydrogens is 208 g/mol. The Morgan fingerprint density at radius 1 is 0.824 bits per heavy atom. The molecule has 0 spiro atoms. The molecule has 1 nitrogen and oxygen atoms in total. The maximum absolute atomic E-state index is 11.0. The van der Waals surface area contributed by atoms with Crippen molar-refractivity contribution in [1.82, 2.24) is 0 Å². The van der Waals surface area contributed by atoms with Crippen molar-refractivity contribution in [3.63, 3.8) is 0 Å². The molecule has 0 aliphatic rings. The molecule has 2 aromatic carbocycles. The van der Waals surface area contributed by atoms with Crippen LogP contribution in [0.15, 0.2) is 54.6 Å². The van der Waals surface area contributed by atoms with Crippen molar-refractivity contribution in [2.45, 2.75) is 19.8 Å². The van der Waals surface area contributed by atoms with Crippen LogP contribution in [0.3, 0.4) is 0 Å². The van der Waals surface area contributed by atoms with E-state index in [1.165, 1.54) is 11.1 Å². The number of hydrogen-bond donors (Lipinski definition) is 0. The number of carbonyl (C=O) groups excluding carboxylic acids is 1. The molecule has 0 amide bonds. The lowest BCUT2D eigenvalue weighted by molar-refractivity contribution is -0.116. The highest BCUT2D eigenvalue weighted by atomic mass is 16.1. The van der Waals surface area contributed by atoms with Crippen LogP contribution in [0.1, 0.15) is 23.6 Å². The molecule has 0 radical (unpaired) electrons. The molecule has 0 N–H and O–H groups in total. The van der Waals surface area contributed by atoms with Gasteiger partial charge in [0.05, 0.1) is 0 Å². The lowest BCUT2D eigenvalue weighted by Crippen LogP contribution is -1.96. The first-order chi connectivity index (χ1) is 8.24. The number of carbonyl (C=O) groups is 1. The summed E-state index contributed by atoms with van der Waals surface area (Å²) < 4.78 is 0. The van der Waals surface area contributed by atoms with Crippen LogP contribution >= 0.6 is 0 Å². The Morgan fingerprint density at radius 2 is 1.35 bits per heavy atom. The molecule has 86 valence electrons. The summed E-state index contributed by atoms with van der Waals surface area (Å²) in [6.07, 6.45) is 1.48. The Hall–Kier alpha value is -1.89. The van der Waals surface area contributed by atoms with Gasteiger partial charge in [-0.05, 0) is 30.0 Å². The van der Waals surface area contributed by atoms with Crippen molar-refractivity contribution in [3.8, 4) is 0 Å². The van der Waals surface area contributed by atoms with E-state index >= 15 is 0 Å². The topological polar surface area (TPSA) is 17.1 Å². The highest BCUT2D eigenvalue weighted by Gasteiger charge is 1.99. The van der Waals surface area contributed by atoms with Crippen molar-refractivity contribution in [2.24, 2.45) is 0 Å². The van der Waals surface area contributed by atoms with E-state index in [-0.39, 0.29) is 5.78 Å². The van der Waals surface area contributed by atoms with E-state index in [9.17, 15) is 4.79 Å². The van der Waals surface area contributed by atoms with Crippen molar-refractivity contribution >= 4 is 5.78 Å². The summed E-state index contributed by atoms with van der Waals surface area (Å²) in [5.41, 5.74) is 3.68. The predicted molar refractivity (Wildman–Crippen MR) is 70.1 cm³/mol. The van der Waals surface area contributed by atoms with Gasteiger partial charge in [0.1, 0.15) is 5.78 Å². The maximum Gasteiger partial charge on any atom is 0.134 e. The third kappa shape index (κ3) is 3.56. The molecule has 0 saturated carbocycles. The first kappa shape index (κ1) is 11.6. The summed E-state index contributed by atoms with van der Waals surface area (Å²) in [7, 11) is 0. The zero-order valence-electron chi connectivity index (χ0n) is 10.0. The number of rotatable bonds is 4. The van der Waals surface area contributed by atoms with E-state index in [0.717, 1.165) is 12.0 Å². The van der Waals surface area contributed by atoms with Crippen LogP contribution in [0.4, 0.5) is 0 Å². The van der Waals surface area contributed by atoms with E-state index in [2.05, 4.69) is 36.4 Å². The summed E-state index contributed by atoms with van der Waals surface area (Å²) in [5.74, 6) is 0.209. The SMILES string of the molecule is CC(=O)Cc1ccc(Cc2ccccc2)cc1. The van der Waals surface area contributed by atoms with Crippen LogP contribution in [0.25, 0.3) is 0 Å². The van der Waals surface area contributed by atoms with Gasteiger partial charge in [0.25, 0.3) is 0 Å². The third-order valence-electron chi connectivity index (χ3n) is 2.73. The standard InChI is InChI=1S/C16H16O/c1-13(17)11-15-7-9-16(10-8-15)12-14-5-3-2-4-6-14/h2-10H,11-12H2,1H3. The summed E-state index contributed by atoms with van der Waals surface area (Å²) >= 11 is 0. The monoisotopic (exact) mass is 224 g/mol. The minimum atomic E-state index is 0.209. The van der Waals surface area contributed by atoms with Gasteiger partial charge in [0.15, 0.2) is 0 Å². The average Bonchev–Trinajstić information content (AvgIpc) is 2.32. The fraction of sp³-hybridized carbons (Fsp3) is 0.188. The smallest absolute Gasteiger partial charge is 0.134 e. The van der Waals surface area contributed by atoms with E-state index in [0.29, 0.717) is 6.42 Å². The van der Waals surface area contributed by atoms with Crippen LogP contribution < -0.4 is 0 Å². The van der Waals surface area contributed by atoms with Gasteiger partial charge >= 0.3 is 0 Å². The molecule has 0 unspecified atom stereocenters. The van der Waals surface area contributed by atoms with Crippen LogP contribution in [-0.2, 0) is 17.6 Å². The zero-order valence-corrected chi connectivity index (χ0v) is 10.0. The Kier molecular flexibility index (Phi) is 3.71. The number of Topliss-reactive ketones (excluding diaryl/α,β-unsaturated/α-hetero) is 1. The molecule has 0 aliphatic carbocycles. The van der Waals surface area contributed by atoms with Gasteiger partial charge in [-0.25, -0.2) is 0 Å². The molecule has 2 rings (SSSR count). The van der Waals surface area contributed by atoms with Gasteiger partial charge < -0.3 is 0 Å². The Morgan fingerprint density at radius 3 is 1.94 bits per heavy atom. The van der Waals surface area contributed by atoms with Gasteiger partial charge in [0, 0.05) is 6.42 Å². The lowest BCUT2D eigenvalue weighted by atomic mass is 10.0. The largest absolute Gasteiger partial charge is 0.300 e. The molecule has 2 aromatic rings. The van der Waals surface area contributed by atoms with E-state index in [1.807, 2.05) is 18.2 Å². The number of ketones is 1. The third-order valence-corrected chi connectivity index (χ3v) is 2.73. The molecule has 0 aromatic heterocycles. The quantitative estimate of drug-likeness (QED) is 0.777. The van der Waals surface area contributed by atoms with Crippen LogP contribution in [0.2, 0.25) is 0 Å². The second-order valence-corrected chi connectivity index (χ2v) is 4.36. The maximum atomic E-state index is 11.0. The summed E-state index contributed by atoms with van der Waals surface area (Å²) in [4.78, 5) is 11.0. The van der Waals surface area contributed by atoms with Crippen molar-refractivity contribution in [3.05, 3.63) is 71.3 Å². The molecule has 17 heavy (non-hydrogen) atoms. The average molecular weight is 224 g/mol. The fourth-order valence-corrected chi connectivity index (χ4v) is 1.89. The van der Waals surface area contributed by atoms with Crippen LogP contribution in [0, 0.1) is 0 Å². The van der Waals surface area contributed by atoms with Crippen LogP contribution in [-0.4, -0.2) is 5.78 Å². The second-order valence-electron chi connectivity index (χ2n) is 4.36. The molecule has 0 heterocycles. The summed E-state index contributed by atoms with van der Waals surface area (Å²) in [6, 6.07) is 18.7. The van der Waals surface area contributed by atoms with E-state index in [1.54, 1.807) is 6.92 Å². The van der Waals surface area contributed by atoms with Gasteiger partial charge in [0.2, 0.25) is 0 Å². The van der Waals surface area contributed by atoms with Crippen molar-refractivity contribution in [2.75, 3.05) is 0 Å². The predicted octanol–water partition coefficient (Wildman–Crippen LogP) is 3.41. The highest BCUT2D eigenvalue weighted by Crippen LogP contribution is 2.11. The Balaban J connectivity index is 2.06. The Bertz CT molecular complexity index is 483. The minimum Gasteiger partial charge on any atom is -0.300 e. The van der Waals surface area contributed by atoms with E-state index < -0.39 is 0 Å². The molecule has 0 saturated heterocycles. The normalized spacial score (nSPS) is 10.2. The first-order valence-electron chi connectivity index (χ1n) is 5.85. The van der Waals surface area contributed by atoms with Gasteiger partial charge in [-0.2, -0.15) is 0 Å². The van der Waals surface area contributed by atoms with Gasteiger partial charge in [-0.15, -0.1) is 0 Å². The first-order valence-corrected chi connectivity index (χ1v) is 5.85. The fourth-order valence-electron chi connectivity index (χ4n) is 1.89. The molecule has 0 aliphatic heterocycles. The molecule has 0 atom stereocenters. The van der Waals surface area contributed by atoms with Crippen LogP contribution in [0.5, 0.6) is 0 Å². The summed E-state index contributed by atoms with van der Waals surface area (Å²) in [5, 5.41) is 0. The van der Waals surface area contributed by atoms with Gasteiger partial charge in [-0.1, -0.05) is 54.6 Å². The summed E-state index contributed by atoms with van der Waals surface area (Å²) in [6.45, 7) is 1.62. The number of benzene rings is 2. The van der Waals surface area contributed by atoms with Gasteiger partial charge in [-0.3, -0.25) is 4.79 Å². The Labute approximate surface area is 102 Å². The zero-order chi connectivity index (χ0) is 12.1. The van der Waals surface area contributed by atoms with Crippen molar-refractivity contribution < 1.29 is 4.79 Å². The highest BCUT2D eigenvalue weighted by molar-refractivity contribution is 5.78. The molecular formula is C16H16O. The molecule has 1 heteroatoms. The second kappa shape index (κ2) is 5.44. The number of hydrogen-bond acceptors (Lipinski definition) is 1. The van der Waals surface area contributed by atoms with Crippen molar-refractivity contribution in [1.29, 1.82) is 0 Å². The molecule has 0 bridgehead atoms. The molecule has 0 fully saturated rings. The van der Waals surface area contributed by atoms with E-state index in [4.69, 9.17) is 0 Å². The minimum absolute atomic E-state index is 0.209. The lowest BCUT2D eigenvalue weighted by Gasteiger charge is -2.03.